The lowest BCUT2D eigenvalue weighted by Crippen LogP contribution is -2.51. The van der Waals surface area contributed by atoms with Crippen LogP contribution in [0.5, 0.6) is 0 Å². The Hall–Kier alpha value is -3.19. The van der Waals surface area contributed by atoms with Gasteiger partial charge in [0.05, 0.1) is 12.6 Å². The summed E-state index contributed by atoms with van der Waals surface area (Å²) in [5, 5.41) is 5.57. The first-order chi connectivity index (χ1) is 14.9. The maximum Gasteiger partial charge on any atom is 0.251 e. The molecule has 2 N–H and O–H groups in total. The van der Waals surface area contributed by atoms with E-state index in [0.29, 0.717) is 25.2 Å². The van der Waals surface area contributed by atoms with Crippen molar-refractivity contribution in [2.24, 2.45) is 0 Å². The number of carbonyl (C=O) groups is 3. The number of nitrogens with zero attached hydrogens (tertiary/aromatic N) is 2. The highest BCUT2D eigenvalue weighted by Gasteiger charge is 2.31. The summed E-state index contributed by atoms with van der Waals surface area (Å²) in [5.74, 6) is -0.272. The number of piperazine rings is 1. The third kappa shape index (κ3) is 5.70. The minimum Gasteiger partial charge on any atom is -0.355 e. The molecule has 31 heavy (non-hydrogen) atoms. The van der Waals surface area contributed by atoms with Crippen LogP contribution in [0.15, 0.2) is 48.5 Å². The molecule has 1 heterocycles. The van der Waals surface area contributed by atoms with Gasteiger partial charge in [-0.05, 0) is 41.8 Å². The predicted octanol–water partition coefficient (Wildman–Crippen LogP) is 2.45. The van der Waals surface area contributed by atoms with Gasteiger partial charge in [-0.1, -0.05) is 31.2 Å². The van der Waals surface area contributed by atoms with E-state index >= 15 is 0 Å². The number of carbonyl (C=O) groups excluding carboxylic acids is 3. The molecule has 2 aromatic rings. The monoisotopic (exact) mass is 422 g/mol. The SMILES string of the molecule is CCc1ccc(NC(=O)CN2CCN(C(C)=O)[C@H](c3cccc(C(=O)NC)c3)C2)cc1. The average Bonchev–Trinajstić information content (AvgIpc) is 2.78. The summed E-state index contributed by atoms with van der Waals surface area (Å²) in [4.78, 5) is 40.7. The molecule has 3 rings (SSSR count). The van der Waals surface area contributed by atoms with Crippen molar-refractivity contribution in [1.29, 1.82) is 0 Å². The maximum absolute atomic E-state index is 12.6. The largest absolute Gasteiger partial charge is 0.355 e. The highest BCUT2D eigenvalue weighted by Crippen LogP contribution is 2.26. The van der Waals surface area contributed by atoms with Crippen molar-refractivity contribution in [2.75, 3.05) is 38.5 Å². The third-order valence-corrected chi connectivity index (χ3v) is 5.64. The fourth-order valence-corrected chi connectivity index (χ4v) is 3.90. The smallest absolute Gasteiger partial charge is 0.251 e. The molecule has 7 heteroatoms. The normalized spacial score (nSPS) is 16.6. The van der Waals surface area contributed by atoms with E-state index in [1.54, 1.807) is 24.9 Å². The van der Waals surface area contributed by atoms with Gasteiger partial charge in [0.15, 0.2) is 0 Å². The molecule has 1 atom stereocenters. The topological polar surface area (TPSA) is 81.8 Å². The number of benzene rings is 2. The van der Waals surface area contributed by atoms with E-state index in [2.05, 4.69) is 17.6 Å². The van der Waals surface area contributed by atoms with E-state index in [-0.39, 0.29) is 30.3 Å². The van der Waals surface area contributed by atoms with Crippen LogP contribution in [0, 0.1) is 0 Å². The molecular weight excluding hydrogens is 392 g/mol. The second-order valence-corrected chi connectivity index (χ2v) is 7.77. The molecule has 1 saturated heterocycles. The van der Waals surface area contributed by atoms with E-state index in [4.69, 9.17) is 0 Å². The number of hydrogen-bond donors (Lipinski definition) is 2. The van der Waals surface area contributed by atoms with Crippen LogP contribution in [-0.2, 0) is 16.0 Å². The van der Waals surface area contributed by atoms with Crippen molar-refractivity contribution in [3.63, 3.8) is 0 Å². The number of amides is 3. The van der Waals surface area contributed by atoms with E-state index in [0.717, 1.165) is 17.7 Å². The first-order valence-electron chi connectivity index (χ1n) is 10.6. The van der Waals surface area contributed by atoms with Crippen molar-refractivity contribution in [2.45, 2.75) is 26.3 Å². The summed E-state index contributed by atoms with van der Waals surface area (Å²) in [5.41, 5.74) is 3.44. The zero-order chi connectivity index (χ0) is 22.4. The number of anilines is 1. The van der Waals surface area contributed by atoms with Gasteiger partial charge in [0.25, 0.3) is 5.91 Å². The van der Waals surface area contributed by atoms with Crippen LogP contribution in [0.4, 0.5) is 5.69 Å². The molecule has 0 bridgehead atoms. The molecule has 0 saturated carbocycles. The standard InChI is InChI=1S/C24H30N4O3/c1-4-18-8-10-21(11-9-18)26-23(30)16-27-12-13-28(17(2)29)22(15-27)19-6-5-7-20(14-19)24(31)25-3/h5-11,14,22H,4,12-13,15-16H2,1-3H3,(H,25,31)(H,26,30)/t22-/m0/s1. The van der Waals surface area contributed by atoms with Gasteiger partial charge in [0.1, 0.15) is 0 Å². The molecule has 0 aromatic heterocycles. The predicted molar refractivity (Wildman–Crippen MR) is 121 cm³/mol. The maximum atomic E-state index is 12.6. The Labute approximate surface area is 183 Å². The average molecular weight is 423 g/mol. The van der Waals surface area contributed by atoms with Crippen LogP contribution < -0.4 is 10.6 Å². The van der Waals surface area contributed by atoms with Gasteiger partial charge in [-0.3, -0.25) is 19.3 Å². The van der Waals surface area contributed by atoms with Gasteiger partial charge < -0.3 is 15.5 Å². The first-order valence-corrected chi connectivity index (χ1v) is 10.6. The zero-order valence-corrected chi connectivity index (χ0v) is 18.4. The van der Waals surface area contributed by atoms with E-state index in [1.165, 1.54) is 5.56 Å². The van der Waals surface area contributed by atoms with Crippen molar-refractivity contribution in [3.05, 3.63) is 65.2 Å². The Morgan fingerprint density at radius 1 is 1.06 bits per heavy atom. The number of nitrogens with one attached hydrogen (secondary N) is 2. The van der Waals surface area contributed by atoms with E-state index in [9.17, 15) is 14.4 Å². The summed E-state index contributed by atoms with van der Waals surface area (Å²) in [6.45, 7) is 5.56. The summed E-state index contributed by atoms with van der Waals surface area (Å²) >= 11 is 0. The van der Waals surface area contributed by atoms with Gasteiger partial charge in [0.2, 0.25) is 11.8 Å². The van der Waals surface area contributed by atoms with Gasteiger partial charge in [-0.25, -0.2) is 0 Å². The lowest BCUT2D eigenvalue weighted by Gasteiger charge is -2.41. The van der Waals surface area contributed by atoms with Gasteiger partial charge in [0, 0.05) is 44.9 Å². The summed E-state index contributed by atoms with van der Waals surface area (Å²) in [6.07, 6.45) is 0.956. The quantitative estimate of drug-likeness (QED) is 0.749. The lowest BCUT2D eigenvalue weighted by atomic mass is 9.99. The molecule has 1 aliphatic heterocycles. The molecule has 0 aliphatic carbocycles. The highest BCUT2D eigenvalue weighted by atomic mass is 16.2. The second kappa shape index (κ2) is 10.2. The second-order valence-electron chi connectivity index (χ2n) is 7.77. The molecule has 0 spiro atoms. The van der Waals surface area contributed by atoms with Crippen LogP contribution in [0.1, 0.15) is 41.4 Å². The molecular formula is C24H30N4O3. The Kier molecular flexibility index (Phi) is 7.41. The van der Waals surface area contributed by atoms with Crippen molar-refractivity contribution < 1.29 is 14.4 Å². The first kappa shape index (κ1) is 22.5. The molecule has 164 valence electrons. The lowest BCUT2D eigenvalue weighted by molar-refractivity contribution is -0.134. The summed E-state index contributed by atoms with van der Waals surface area (Å²) in [6, 6.07) is 14.9. The van der Waals surface area contributed by atoms with Crippen LogP contribution >= 0.6 is 0 Å². The Bertz CT molecular complexity index is 942. The molecule has 2 aromatic carbocycles. The molecule has 0 radical (unpaired) electrons. The number of aryl methyl sites for hydroxylation is 1. The number of hydrogen-bond acceptors (Lipinski definition) is 4. The molecule has 0 unspecified atom stereocenters. The zero-order valence-electron chi connectivity index (χ0n) is 18.4. The van der Waals surface area contributed by atoms with Crippen LogP contribution in [-0.4, -0.2) is 60.7 Å². The van der Waals surface area contributed by atoms with Crippen molar-refractivity contribution >= 4 is 23.4 Å². The summed E-state index contributed by atoms with van der Waals surface area (Å²) in [7, 11) is 1.59. The molecule has 7 nitrogen and oxygen atoms in total. The fraction of sp³-hybridized carbons (Fsp3) is 0.375. The van der Waals surface area contributed by atoms with E-state index in [1.807, 2.05) is 47.4 Å². The van der Waals surface area contributed by atoms with Crippen LogP contribution in [0.2, 0.25) is 0 Å². The Balaban J connectivity index is 1.70. The van der Waals surface area contributed by atoms with Gasteiger partial charge in [-0.15, -0.1) is 0 Å². The van der Waals surface area contributed by atoms with Crippen LogP contribution in [0.25, 0.3) is 0 Å². The molecule has 1 fully saturated rings. The Morgan fingerprint density at radius 2 is 1.81 bits per heavy atom. The van der Waals surface area contributed by atoms with Gasteiger partial charge >= 0.3 is 0 Å². The summed E-state index contributed by atoms with van der Waals surface area (Å²) < 4.78 is 0. The Morgan fingerprint density at radius 3 is 2.45 bits per heavy atom. The molecule has 1 aliphatic rings. The fourth-order valence-electron chi connectivity index (χ4n) is 3.90. The number of rotatable bonds is 6. The highest BCUT2D eigenvalue weighted by molar-refractivity contribution is 5.94. The minimum absolute atomic E-state index is 0.0181. The third-order valence-electron chi connectivity index (χ3n) is 5.64. The van der Waals surface area contributed by atoms with Crippen LogP contribution in [0.3, 0.4) is 0 Å². The van der Waals surface area contributed by atoms with Crippen molar-refractivity contribution in [3.8, 4) is 0 Å². The van der Waals surface area contributed by atoms with E-state index < -0.39 is 0 Å². The van der Waals surface area contributed by atoms with Crippen molar-refractivity contribution in [1.82, 2.24) is 15.1 Å². The molecule has 3 amide bonds. The minimum atomic E-state index is -0.215. The van der Waals surface area contributed by atoms with Gasteiger partial charge in [-0.2, -0.15) is 0 Å².